The van der Waals surface area contributed by atoms with Gasteiger partial charge in [0.25, 0.3) is 0 Å². The highest BCUT2D eigenvalue weighted by atomic mass is 16.5. The molecule has 0 saturated heterocycles. The van der Waals surface area contributed by atoms with Crippen molar-refractivity contribution in [2.45, 2.75) is 65.6 Å². The van der Waals surface area contributed by atoms with E-state index in [9.17, 15) is 0 Å². The van der Waals surface area contributed by atoms with Gasteiger partial charge in [-0.15, -0.1) is 0 Å². The number of rotatable bonds is 4. The topological polar surface area (TPSA) is 40.7 Å². The molecular formula is C10H24O2. The third kappa shape index (κ3) is 5.56. The Balaban J connectivity index is 0. The SMILES string of the molecule is CCC(C)(C)OC(C)(C)CC.O. The summed E-state index contributed by atoms with van der Waals surface area (Å²) in [7, 11) is 0. The number of hydrogen-bond acceptors (Lipinski definition) is 1. The van der Waals surface area contributed by atoms with Crippen molar-refractivity contribution in [1.29, 1.82) is 0 Å². The molecule has 0 aliphatic rings. The smallest absolute Gasteiger partial charge is 0.0631 e. The van der Waals surface area contributed by atoms with Crippen molar-refractivity contribution in [3.63, 3.8) is 0 Å². The molecule has 0 fully saturated rings. The number of ether oxygens (including phenoxy) is 1. The van der Waals surface area contributed by atoms with E-state index in [1.54, 1.807) is 0 Å². The fourth-order valence-corrected chi connectivity index (χ4v) is 0.892. The van der Waals surface area contributed by atoms with E-state index in [2.05, 4.69) is 41.5 Å². The second-order valence-electron chi connectivity index (χ2n) is 4.33. The third-order valence-electron chi connectivity index (χ3n) is 2.26. The third-order valence-corrected chi connectivity index (χ3v) is 2.26. The van der Waals surface area contributed by atoms with Gasteiger partial charge in [-0.3, -0.25) is 0 Å². The fourth-order valence-electron chi connectivity index (χ4n) is 0.892. The lowest BCUT2D eigenvalue weighted by atomic mass is 10.0. The van der Waals surface area contributed by atoms with E-state index in [4.69, 9.17) is 4.74 Å². The van der Waals surface area contributed by atoms with Crippen LogP contribution in [0.15, 0.2) is 0 Å². The van der Waals surface area contributed by atoms with Crippen molar-refractivity contribution in [1.82, 2.24) is 0 Å². The first-order valence-electron chi connectivity index (χ1n) is 4.53. The summed E-state index contributed by atoms with van der Waals surface area (Å²) >= 11 is 0. The molecule has 0 atom stereocenters. The fraction of sp³-hybridized carbons (Fsp3) is 1.00. The Bertz CT molecular complexity index is 103. The Morgan fingerprint density at radius 3 is 1.25 bits per heavy atom. The van der Waals surface area contributed by atoms with Crippen LogP contribution in [0.3, 0.4) is 0 Å². The quantitative estimate of drug-likeness (QED) is 0.649. The summed E-state index contributed by atoms with van der Waals surface area (Å²) in [5.41, 5.74) is 0.0546. The second-order valence-corrected chi connectivity index (χ2v) is 4.33. The first-order valence-corrected chi connectivity index (χ1v) is 4.53. The molecular weight excluding hydrogens is 152 g/mol. The van der Waals surface area contributed by atoms with Crippen LogP contribution in [0.4, 0.5) is 0 Å². The summed E-state index contributed by atoms with van der Waals surface area (Å²) in [5.74, 6) is 0. The summed E-state index contributed by atoms with van der Waals surface area (Å²) in [6.45, 7) is 12.9. The van der Waals surface area contributed by atoms with Crippen molar-refractivity contribution in [2.75, 3.05) is 0 Å². The molecule has 2 heteroatoms. The van der Waals surface area contributed by atoms with Gasteiger partial charge in [0.2, 0.25) is 0 Å². The monoisotopic (exact) mass is 176 g/mol. The minimum atomic E-state index is 0. The van der Waals surface area contributed by atoms with Crippen LogP contribution in [0.5, 0.6) is 0 Å². The molecule has 0 aromatic heterocycles. The lowest BCUT2D eigenvalue weighted by Crippen LogP contribution is -2.35. The van der Waals surface area contributed by atoms with Gasteiger partial charge in [0.1, 0.15) is 0 Å². The van der Waals surface area contributed by atoms with E-state index in [0.717, 1.165) is 12.8 Å². The van der Waals surface area contributed by atoms with Crippen LogP contribution >= 0.6 is 0 Å². The molecule has 0 spiro atoms. The van der Waals surface area contributed by atoms with Gasteiger partial charge in [-0.2, -0.15) is 0 Å². The predicted octanol–water partition coefficient (Wildman–Crippen LogP) is 2.56. The lowest BCUT2D eigenvalue weighted by Gasteiger charge is -2.34. The first-order chi connectivity index (χ1) is 4.83. The maximum atomic E-state index is 5.92. The summed E-state index contributed by atoms with van der Waals surface area (Å²) in [5, 5.41) is 0. The molecule has 2 N–H and O–H groups in total. The molecule has 0 rings (SSSR count). The number of hydrogen-bond donors (Lipinski definition) is 0. The summed E-state index contributed by atoms with van der Waals surface area (Å²) in [6, 6.07) is 0. The van der Waals surface area contributed by atoms with E-state index in [1.165, 1.54) is 0 Å². The average Bonchev–Trinajstić information content (AvgIpc) is 1.86. The minimum absolute atomic E-state index is 0. The molecule has 0 aromatic rings. The van der Waals surface area contributed by atoms with E-state index < -0.39 is 0 Å². The van der Waals surface area contributed by atoms with Crippen molar-refractivity contribution >= 4 is 0 Å². The molecule has 12 heavy (non-hydrogen) atoms. The zero-order valence-corrected chi connectivity index (χ0v) is 9.32. The van der Waals surface area contributed by atoms with Crippen LogP contribution in [0.1, 0.15) is 54.4 Å². The summed E-state index contributed by atoms with van der Waals surface area (Å²) in [6.07, 6.45) is 2.13. The van der Waals surface area contributed by atoms with Crippen LogP contribution in [0.25, 0.3) is 0 Å². The maximum absolute atomic E-state index is 5.92. The second kappa shape index (κ2) is 4.83. The van der Waals surface area contributed by atoms with E-state index in [0.29, 0.717) is 0 Å². The lowest BCUT2D eigenvalue weighted by molar-refractivity contribution is -0.124. The average molecular weight is 176 g/mol. The maximum Gasteiger partial charge on any atom is 0.0631 e. The molecule has 0 aliphatic heterocycles. The van der Waals surface area contributed by atoms with Gasteiger partial charge >= 0.3 is 0 Å². The minimum Gasteiger partial charge on any atom is -0.412 e. The molecule has 2 nitrogen and oxygen atoms in total. The van der Waals surface area contributed by atoms with Crippen LogP contribution in [0.2, 0.25) is 0 Å². The first kappa shape index (κ1) is 14.4. The highest BCUT2D eigenvalue weighted by Gasteiger charge is 2.25. The van der Waals surface area contributed by atoms with E-state index >= 15 is 0 Å². The van der Waals surface area contributed by atoms with Crippen LogP contribution in [0, 0.1) is 0 Å². The van der Waals surface area contributed by atoms with Crippen molar-refractivity contribution in [3.05, 3.63) is 0 Å². The molecule has 0 aromatic carbocycles. The standard InChI is InChI=1S/C10H22O.H2O/c1-7-9(3,4)11-10(5,6)8-2;/h7-8H2,1-6H3;1H2. The van der Waals surface area contributed by atoms with Gasteiger partial charge in [0.15, 0.2) is 0 Å². The van der Waals surface area contributed by atoms with Gasteiger partial charge < -0.3 is 10.2 Å². The van der Waals surface area contributed by atoms with Crippen LogP contribution in [-0.4, -0.2) is 16.7 Å². The Hall–Kier alpha value is -0.0800. The van der Waals surface area contributed by atoms with Crippen LogP contribution < -0.4 is 0 Å². The molecule has 76 valence electrons. The Morgan fingerprint density at radius 1 is 0.833 bits per heavy atom. The van der Waals surface area contributed by atoms with Gasteiger partial charge in [0.05, 0.1) is 11.2 Å². The van der Waals surface area contributed by atoms with E-state index in [1.807, 2.05) is 0 Å². The van der Waals surface area contributed by atoms with Gasteiger partial charge in [0, 0.05) is 0 Å². The Labute approximate surface area is 76.6 Å². The van der Waals surface area contributed by atoms with Crippen molar-refractivity contribution < 1.29 is 10.2 Å². The normalized spacial score (nSPS) is 12.5. The zero-order valence-electron chi connectivity index (χ0n) is 9.32. The molecule has 0 bridgehead atoms. The van der Waals surface area contributed by atoms with Crippen molar-refractivity contribution in [2.24, 2.45) is 0 Å². The highest BCUT2D eigenvalue weighted by Crippen LogP contribution is 2.24. The Morgan fingerprint density at radius 2 is 1.08 bits per heavy atom. The van der Waals surface area contributed by atoms with Crippen LogP contribution in [-0.2, 0) is 4.74 Å². The van der Waals surface area contributed by atoms with Crippen molar-refractivity contribution in [3.8, 4) is 0 Å². The largest absolute Gasteiger partial charge is 0.412 e. The molecule has 0 radical (unpaired) electrons. The zero-order chi connectivity index (χ0) is 9.12. The Kier molecular flexibility index (Phi) is 5.81. The molecule has 0 heterocycles. The molecule has 0 saturated carbocycles. The van der Waals surface area contributed by atoms with E-state index in [-0.39, 0.29) is 16.7 Å². The molecule has 0 aliphatic carbocycles. The summed E-state index contributed by atoms with van der Waals surface area (Å²) in [4.78, 5) is 0. The van der Waals surface area contributed by atoms with Gasteiger partial charge in [-0.1, -0.05) is 13.8 Å². The predicted molar refractivity (Wildman–Crippen MR) is 53.4 cm³/mol. The molecule has 0 unspecified atom stereocenters. The van der Waals surface area contributed by atoms with Gasteiger partial charge in [-0.25, -0.2) is 0 Å². The highest BCUT2D eigenvalue weighted by molar-refractivity contribution is 4.74. The van der Waals surface area contributed by atoms with Gasteiger partial charge in [-0.05, 0) is 40.5 Å². The summed E-state index contributed by atoms with van der Waals surface area (Å²) < 4.78 is 5.92. The molecule has 0 amide bonds.